The Hall–Kier alpha value is -2.75. The Bertz CT molecular complexity index is 1490. The summed E-state index contributed by atoms with van der Waals surface area (Å²) in [4.78, 5) is 12.9. The number of aromatic hydroxyl groups is 1. The van der Waals surface area contributed by atoms with Crippen LogP contribution >= 0.6 is 7.60 Å². The van der Waals surface area contributed by atoms with Gasteiger partial charge in [-0.25, -0.2) is 13.2 Å². The molecule has 4 rings (SSSR count). The normalized spacial score (nSPS) is 20.9. The maximum atomic E-state index is 14.0. The number of hydrogen-bond acceptors (Lipinski definition) is 12. The number of rotatable bonds is 18. The summed E-state index contributed by atoms with van der Waals surface area (Å²) in [6, 6.07) is 11.7. The van der Waals surface area contributed by atoms with E-state index < -0.39 is 54.6 Å². The Morgan fingerprint density at radius 2 is 1.79 bits per heavy atom. The molecule has 2 aromatic rings. The molecule has 0 radical (unpaired) electrons. The molecular weight excluding hydrogens is 667 g/mol. The van der Waals surface area contributed by atoms with Gasteiger partial charge in [-0.05, 0) is 50.3 Å². The van der Waals surface area contributed by atoms with E-state index in [1.807, 2.05) is 44.2 Å². The number of aliphatic hydroxyl groups excluding tert-OH is 1. The van der Waals surface area contributed by atoms with Gasteiger partial charge in [-0.1, -0.05) is 44.2 Å². The van der Waals surface area contributed by atoms with Crippen LogP contribution in [-0.2, 0) is 44.3 Å². The van der Waals surface area contributed by atoms with Gasteiger partial charge in [0.1, 0.15) is 6.10 Å². The van der Waals surface area contributed by atoms with E-state index in [1.54, 1.807) is 13.8 Å². The predicted octanol–water partition coefficient (Wildman–Crippen LogP) is 4.10. The highest BCUT2D eigenvalue weighted by Gasteiger charge is 2.44. The fourth-order valence-corrected chi connectivity index (χ4v) is 8.55. The molecule has 5 atom stereocenters. The summed E-state index contributed by atoms with van der Waals surface area (Å²) in [6.45, 7) is 7.51. The van der Waals surface area contributed by atoms with Crippen LogP contribution in [0.3, 0.4) is 0 Å². The number of alkyl carbamates (subject to hydrolysis) is 1. The highest BCUT2D eigenvalue weighted by atomic mass is 32.2. The van der Waals surface area contributed by atoms with Crippen LogP contribution in [-0.4, -0.2) is 99.4 Å². The first kappa shape index (κ1) is 38.1. The van der Waals surface area contributed by atoms with Crippen LogP contribution in [0, 0.1) is 11.8 Å². The molecule has 0 bridgehead atoms. The van der Waals surface area contributed by atoms with Crippen molar-refractivity contribution < 1.29 is 56.0 Å². The van der Waals surface area contributed by atoms with Crippen molar-refractivity contribution in [2.24, 2.45) is 11.8 Å². The van der Waals surface area contributed by atoms with Gasteiger partial charge in [0.05, 0.1) is 49.4 Å². The van der Waals surface area contributed by atoms with Crippen LogP contribution in [0.2, 0.25) is 0 Å². The number of phenolic OH excluding ortho intramolecular Hbond substituents is 1. The molecule has 1 amide bonds. The lowest BCUT2D eigenvalue weighted by atomic mass is 10.0. The van der Waals surface area contributed by atoms with Gasteiger partial charge in [-0.2, -0.15) is 4.31 Å². The van der Waals surface area contributed by atoms with Gasteiger partial charge < -0.3 is 43.5 Å². The number of carbonyl (C=O) groups is 1. The first-order chi connectivity index (χ1) is 22.8. The highest BCUT2D eigenvalue weighted by molar-refractivity contribution is 7.89. The van der Waals surface area contributed by atoms with Gasteiger partial charge in [0, 0.05) is 19.2 Å². The number of nitrogens with zero attached hydrogens (tertiary/aromatic N) is 1. The number of aliphatic hydroxyl groups is 1. The number of fused-ring (bicyclic) bond motifs is 1. The van der Waals surface area contributed by atoms with Gasteiger partial charge in [0.15, 0.2) is 24.1 Å². The Kier molecular flexibility index (Phi) is 13.7. The minimum Gasteiger partial charge on any atom is -0.504 e. The van der Waals surface area contributed by atoms with E-state index in [9.17, 15) is 28.0 Å². The molecule has 2 aliphatic rings. The predicted molar refractivity (Wildman–Crippen MR) is 175 cm³/mol. The third-order valence-corrected chi connectivity index (χ3v) is 11.4. The molecule has 16 heteroatoms. The number of benzene rings is 2. The molecular formula is C32H47N2O12PS. The van der Waals surface area contributed by atoms with Gasteiger partial charge in [0.25, 0.3) is 0 Å². The highest BCUT2D eigenvalue weighted by Crippen LogP contribution is 2.48. The summed E-state index contributed by atoms with van der Waals surface area (Å²) >= 11 is 0. The minimum absolute atomic E-state index is 0.0331. The van der Waals surface area contributed by atoms with Crippen molar-refractivity contribution in [3.63, 3.8) is 0 Å². The number of hydrogen-bond donors (Lipinski definition) is 3. The van der Waals surface area contributed by atoms with Gasteiger partial charge >= 0.3 is 13.7 Å². The van der Waals surface area contributed by atoms with E-state index in [2.05, 4.69) is 5.32 Å². The summed E-state index contributed by atoms with van der Waals surface area (Å²) in [7, 11) is -7.96. The smallest absolute Gasteiger partial charge is 0.407 e. The largest absolute Gasteiger partial charge is 0.504 e. The van der Waals surface area contributed by atoms with E-state index in [1.165, 1.54) is 6.07 Å². The summed E-state index contributed by atoms with van der Waals surface area (Å²) in [5, 5.41) is 24.7. The van der Waals surface area contributed by atoms with E-state index in [4.69, 9.17) is 28.0 Å². The van der Waals surface area contributed by atoms with Crippen LogP contribution in [0.15, 0.2) is 53.4 Å². The Balaban J connectivity index is 1.54. The third-order valence-electron chi connectivity index (χ3n) is 7.87. The minimum atomic E-state index is -4.29. The molecule has 2 aliphatic heterocycles. The molecule has 2 fully saturated rings. The molecule has 0 aliphatic carbocycles. The number of amides is 1. The summed E-state index contributed by atoms with van der Waals surface area (Å²) < 4.78 is 74.9. The monoisotopic (exact) mass is 714 g/mol. The maximum Gasteiger partial charge on any atom is 0.407 e. The van der Waals surface area contributed by atoms with E-state index in [-0.39, 0.29) is 67.6 Å². The standard InChI is InChI=1S/C32H47N2O12PS/c1-5-44-47(38,45-6-2)21-43-29-17-24(12-13-27(29)35)48(39,40)34(18-22(3)4)19-28(36)26(16-23-10-8-7-9-11-23)33-32(37)46-30-20-42-31-25(30)14-15-41-31/h7-13,17,22,25-26,28,30-31,35-36H,5-6,14-16,18-21H2,1-4H3,(H,33,37)/t25-,26-,28+,30-,31+/m0/s1. The van der Waals surface area contributed by atoms with E-state index in [0.29, 0.717) is 13.0 Å². The number of sulfonamides is 1. The lowest BCUT2D eigenvalue weighted by Gasteiger charge is -2.31. The zero-order chi connectivity index (χ0) is 34.9. The van der Waals surface area contributed by atoms with Crippen LogP contribution in [0.25, 0.3) is 0 Å². The quantitative estimate of drug-likeness (QED) is 0.189. The zero-order valence-corrected chi connectivity index (χ0v) is 29.4. The van der Waals surface area contributed by atoms with Crippen molar-refractivity contribution >= 4 is 23.7 Å². The van der Waals surface area contributed by atoms with Crippen molar-refractivity contribution in [2.75, 3.05) is 45.9 Å². The Morgan fingerprint density at radius 1 is 1.08 bits per heavy atom. The molecule has 0 spiro atoms. The van der Waals surface area contributed by atoms with Crippen LogP contribution in [0.1, 0.15) is 39.7 Å². The van der Waals surface area contributed by atoms with Crippen LogP contribution in [0.5, 0.6) is 11.5 Å². The Labute approximate surface area is 282 Å². The molecule has 268 valence electrons. The number of phenols is 1. The van der Waals surface area contributed by atoms with Gasteiger partial charge in [-0.3, -0.25) is 4.57 Å². The van der Waals surface area contributed by atoms with Gasteiger partial charge in [-0.15, -0.1) is 0 Å². The topological polar surface area (TPSA) is 179 Å². The van der Waals surface area contributed by atoms with Crippen molar-refractivity contribution in [1.82, 2.24) is 9.62 Å². The summed E-state index contributed by atoms with van der Waals surface area (Å²) in [5.74, 6) is -0.836. The van der Waals surface area contributed by atoms with E-state index in [0.717, 1.165) is 22.0 Å². The average Bonchev–Trinajstić information content (AvgIpc) is 3.66. The summed E-state index contributed by atoms with van der Waals surface area (Å²) in [6.07, 6.45) is -2.69. The average molecular weight is 715 g/mol. The fourth-order valence-electron chi connectivity index (χ4n) is 5.61. The summed E-state index contributed by atoms with van der Waals surface area (Å²) in [5.41, 5.74) is 0.810. The Morgan fingerprint density at radius 3 is 2.46 bits per heavy atom. The second-order valence-electron chi connectivity index (χ2n) is 12.0. The fraction of sp³-hybridized carbons (Fsp3) is 0.594. The molecule has 2 aromatic carbocycles. The lowest BCUT2D eigenvalue weighted by Crippen LogP contribution is -2.51. The van der Waals surface area contributed by atoms with Crippen LogP contribution in [0.4, 0.5) is 4.79 Å². The molecule has 2 heterocycles. The third kappa shape index (κ3) is 10.1. The lowest BCUT2D eigenvalue weighted by molar-refractivity contribution is -0.0907. The molecule has 3 N–H and O–H groups in total. The molecule has 0 saturated carbocycles. The second-order valence-corrected chi connectivity index (χ2v) is 16.0. The first-order valence-electron chi connectivity index (χ1n) is 16.1. The molecule has 0 aromatic heterocycles. The molecule has 0 unspecified atom stereocenters. The zero-order valence-electron chi connectivity index (χ0n) is 27.7. The van der Waals surface area contributed by atoms with Crippen molar-refractivity contribution in [2.45, 2.75) is 70.0 Å². The van der Waals surface area contributed by atoms with Crippen molar-refractivity contribution in [1.29, 1.82) is 0 Å². The first-order valence-corrected chi connectivity index (χ1v) is 19.3. The maximum absolute atomic E-state index is 14.0. The number of ether oxygens (including phenoxy) is 4. The van der Waals surface area contributed by atoms with Crippen LogP contribution < -0.4 is 10.1 Å². The molecule has 2 saturated heterocycles. The van der Waals surface area contributed by atoms with Crippen molar-refractivity contribution in [3.05, 3.63) is 54.1 Å². The van der Waals surface area contributed by atoms with E-state index >= 15 is 0 Å². The SMILES string of the molecule is CCOP(=O)(COc1cc(S(=O)(=O)N(CC(C)C)C[C@@H](O)[C@H](Cc2ccccc2)NC(=O)O[C@H]2CO[C@H]3OCC[C@H]32)ccc1O)OCC. The molecule has 48 heavy (non-hydrogen) atoms. The number of nitrogens with one attached hydrogen (secondary N) is 1. The number of carbonyl (C=O) groups excluding carboxylic acids is 1. The molecule has 14 nitrogen and oxygen atoms in total. The van der Waals surface area contributed by atoms with Crippen molar-refractivity contribution in [3.8, 4) is 11.5 Å². The van der Waals surface area contributed by atoms with Gasteiger partial charge in [0.2, 0.25) is 10.0 Å². The second kappa shape index (κ2) is 17.3.